The van der Waals surface area contributed by atoms with Crippen molar-refractivity contribution in [3.63, 3.8) is 0 Å². The number of piperidine rings is 1. The van der Waals surface area contributed by atoms with Gasteiger partial charge in [0.05, 0.1) is 0 Å². The Labute approximate surface area is 90.6 Å². The van der Waals surface area contributed by atoms with Crippen LogP contribution in [0.5, 0.6) is 0 Å². The molecule has 0 aromatic heterocycles. The number of carbonyl (C=O) groups is 2. The number of rotatable bonds is 1. The number of likely N-dealkylation sites (tertiary alicyclic amines) is 1. The van der Waals surface area contributed by atoms with Crippen molar-refractivity contribution in [3.05, 3.63) is 0 Å². The SMILES string of the molecule is CC[C@H]1CC[C@H](C)CN1C(=O)C(N)=O.N. The predicted molar refractivity (Wildman–Crippen MR) is 58.4 cm³/mol. The molecule has 0 spiro atoms. The van der Waals surface area contributed by atoms with E-state index in [1.54, 1.807) is 4.90 Å². The lowest BCUT2D eigenvalue weighted by molar-refractivity contribution is -0.147. The van der Waals surface area contributed by atoms with Crippen molar-refractivity contribution >= 4 is 11.8 Å². The summed E-state index contributed by atoms with van der Waals surface area (Å²) < 4.78 is 0. The van der Waals surface area contributed by atoms with E-state index >= 15 is 0 Å². The lowest BCUT2D eigenvalue weighted by atomic mass is 9.92. The first-order chi connectivity index (χ1) is 6.56. The van der Waals surface area contributed by atoms with Crippen LogP contribution in [0.3, 0.4) is 0 Å². The van der Waals surface area contributed by atoms with Gasteiger partial charge < -0.3 is 16.8 Å². The number of hydrogen-bond donors (Lipinski definition) is 2. The molecule has 5 N–H and O–H groups in total. The summed E-state index contributed by atoms with van der Waals surface area (Å²) in [7, 11) is 0. The van der Waals surface area contributed by atoms with E-state index < -0.39 is 11.8 Å². The smallest absolute Gasteiger partial charge is 0.311 e. The predicted octanol–water partition coefficient (Wildman–Crippen LogP) is 0.671. The Morgan fingerprint density at radius 3 is 2.47 bits per heavy atom. The van der Waals surface area contributed by atoms with Gasteiger partial charge in [0, 0.05) is 12.6 Å². The molecule has 1 rings (SSSR count). The fraction of sp³-hybridized carbons (Fsp3) is 0.800. The zero-order valence-corrected chi connectivity index (χ0v) is 9.53. The molecule has 15 heavy (non-hydrogen) atoms. The van der Waals surface area contributed by atoms with E-state index in [9.17, 15) is 9.59 Å². The minimum atomic E-state index is -0.836. The summed E-state index contributed by atoms with van der Waals surface area (Å²) in [6.07, 6.45) is 3.00. The molecule has 0 aromatic carbocycles. The van der Waals surface area contributed by atoms with Gasteiger partial charge in [0.25, 0.3) is 0 Å². The molecule has 0 saturated carbocycles. The van der Waals surface area contributed by atoms with Crippen LogP contribution >= 0.6 is 0 Å². The minimum absolute atomic E-state index is 0. The Morgan fingerprint density at radius 1 is 1.40 bits per heavy atom. The van der Waals surface area contributed by atoms with Crippen molar-refractivity contribution in [1.82, 2.24) is 11.1 Å². The Hall–Kier alpha value is -1.10. The van der Waals surface area contributed by atoms with Crippen LogP contribution in [0, 0.1) is 5.92 Å². The van der Waals surface area contributed by atoms with E-state index in [-0.39, 0.29) is 12.2 Å². The summed E-state index contributed by atoms with van der Waals surface area (Å²) in [5.74, 6) is -0.887. The Morgan fingerprint density at radius 2 is 2.00 bits per heavy atom. The summed E-state index contributed by atoms with van der Waals surface area (Å²) in [5, 5.41) is 0. The molecule has 0 bridgehead atoms. The van der Waals surface area contributed by atoms with Gasteiger partial charge in [-0.2, -0.15) is 0 Å². The summed E-state index contributed by atoms with van der Waals surface area (Å²) in [6.45, 7) is 4.79. The van der Waals surface area contributed by atoms with Crippen molar-refractivity contribution in [2.45, 2.75) is 39.2 Å². The molecule has 88 valence electrons. The standard InChI is InChI=1S/C10H18N2O2.H3N/c1-3-8-5-4-7(2)6-12(8)10(14)9(11)13;/h7-8H,3-6H2,1-2H3,(H2,11,13);1H3/t7-,8-;/m0./s1. The zero-order chi connectivity index (χ0) is 10.7. The average molecular weight is 215 g/mol. The molecule has 0 aliphatic carbocycles. The molecule has 0 unspecified atom stereocenters. The summed E-state index contributed by atoms with van der Waals surface area (Å²) >= 11 is 0. The van der Waals surface area contributed by atoms with Crippen molar-refractivity contribution < 1.29 is 9.59 Å². The molecule has 1 saturated heterocycles. The van der Waals surface area contributed by atoms with Crippen molar-refractivity contribution in [2.24, 2.45) is 11.7 Å². The first-order valence-electron chi connectivity index (χ1n) is 5.16. The molecule has 2 amide bonds. The third kappa shape index (κ3) is 3.20. The van der Waals surface area contributed by atoms with E-state index in [4.69, 9.17) is 5.73 Å². The second-order valence-corrected chi connectivity index (χ2v) is 4.07. The van der Waals surface area contributed by atoms with Crippen LogP contribution in [0.4, 0.5) is 0 Å². The van der Waals surface area contributed by atoms with Gasteiger partial charge in [-0.15, -0.1) is 0 Å². The molecular weight excluding hydrogens is 194 g/mol. The largest absolute Gasteiger partial charge is 0.361 e. The minimum Gasteiger partial charge on any atom is -0.361 e. The van der Waals surface area contributed by atoms with Gasteiger partial charge in [-0.3, -0.25) is 9.59 Å². The zero-order valence-electron chi connectivity index (χ0n) is 9.53. The molecule has 2 atom stereocenters. The number of nitrogens with zero attached hydrogens (tertiary/aromatic N) is 1. The van der Waals surface area contributed by atoms with E-state index in [1.165, 1.54) is 0 Å². The van der Waals surface area contributed by atoms with Crippen LogP contribution in [-0.2, 0) is 9.59 Å². The fourth-order valence-electron chi connectivity index (χ4n) is 2.02. The molecule has 1 heterocycles. The van der Waals surface area contributed by atoms with Gasteiger partial charge in [0.1, 0.15) is 0 Å². The first kappa shape index (κ1) is 13.9. The summed E-state index contributed by atoms with van der Waals surface area (Å²) in [5.41, 5.74) is 5.00. The van der Waals surface area contributed by atoms with Crippen LogP contribution in [0.2, 0.25) is 0 Å². The maximum absolute atomic E-state index is 11.5. The molecule has 1 fully saturated rings. The van der Waals surface area contributed by atoms with Gasteiger partial charge in [0.15, 0.2) is 0 Å². The normalized spacial score (nSPS) is 25.6. The van der Waals surface area contributed by atoms with Crippen molar-refractivity contribution in [1.29, 1.82) is 0 Å². The number of carbonyl (C=O) groups excluding carboxylic acids is 2. The molecule has 0 aromatic rings. The van der Waals surface area contributed by atoms with Crippen LogP contribution < -0.4 is 11.9 Å². The molecule has 1 aliphatic heterocycles. The van der Waals surface area contributed by atoms with Gasteiger partial charge >= 0.3 is 11.8 Å². The number of amides is 2. The van der Waals surface area contributed by atoms with Gasteiger partial charge in [0.2, 0.25) is 0 Å². The highest BCUT2D eigenvalue weighted by Crippen LogP contribution is 2.23. The van der Waals surface area contributed by atoms with Crippen LogP contribution in [0.15, 0.2) is 0 Å². The van der Waals surface area contributed by atoms with E-state index in [0.717, 1.165) is 19.3 Å². The van der Waals surface area contributed by atoms with Crippen LogP contribution in [0.1, 0.15) is 33.1 Å². The highest BCUT2D eigenvalue weighted by atomic mass is 16.2. The fourth-order valence-corrected chi connectivity index (χ4v) is 2.02. The van der Waals surface area contributed by atoms with Gasteiger partial charge in [-0.05, 0) is 25.2 Å². The van der Waals surface area contributed by atoms with Crippen LogP contribution in [0.25, 0.3) is 0 Å². The maximum Gasteiger partial charge on any atom is 0.311 e. The first-order valence-corrected chi connectivity index (χ1v) is 5.16. The maximum atomic E-state index is 11.5. The Bertz CT molecular complexity index is 243. The number of nitrogens with two attached hydrogens (primary N) is 1. The lowest BCUT2D eigenvalue weighted by Crippen LogP contribution is -2.50. The van der Waals surface area contributed by atoms with E-state index in [2.05, 4.69) is 6.92 Å². The van der Waals surface area contributed by atoms with Crippen molar-refractivity contribution in [2.75, 3.05) is 6.54 Å². The summed E-state index contributed by atoms with van der Waals surface area (Å²) in [6, 6.07) is 0.200. The highest BCUT2D eigenvalue weighted by molar-refractivity contribution is 6.34. The van der Waals surface area contributed by atoms with Crippen LogP contribution in [-0.4, -0.2) is 29.3 Å². The van der Waals surface area contributed by atoms with E-state index in [0.29, 0.717) is 12.5 Å². The number of primary amides is 1. The van der Waals surface area contributed by atoms with Gasteiger partial charge in [-0.1, -0.05) is 13.8 Å². The average Bonchev–Trinajstić information content (AvgIpc) is 2.16. The van der Waals surface area contributed by atoms with E-state index in [1.807, 2.05) is 6.92 Å². The third-order valence-electron chi connectivity index (χ3n) is 2.88. The third-order valence-corrected chi connectivity index (χ3v) is 2.88. The lowest BCUT2D eigenvalue weighted by Gasteiger charge is -2.37. The number of hydrogen-bond acceptors (Lipinski definition) is 3. The molecule has 0 radical (unpaired) electrons. The topological polar surface area (TPSA) is 98.4 Å². The second-order valence-electron chi connectivity index (χ2n) is 4.07. The molecular formula is C10H21N3O2. The Kier molecular flexibility index (Phi) is 5.28. The monoisotopic (exact) mass is 215 g/mol. The quantitative estimate of drug-likeness (QED) is 0.629. The summed E-state index contributed by atoms with van der Waals surface area (Å²) in [4.78, 5) is 23.9. The molecule has 5 heteroatoms. The Balaban J connectivity index is 0.00000196. The molecule has 1 aliphatic rings. The van der Waals surface area contributed by atoms with Crippen molar-refractivity contribution in [3.8, 4) is 0 Å². The second kappa shape index (κ2) is 5.70. The molecule has 5 nitrogen and oxygen atoms in total. The highest BCUT2D eigenvalue weighted by Gasteiger charge is 2.30. The van der Waals surface area contributed by atoms with Gasteiger partial charge in [-0.25, -0.2) is 0 Å².